The largest absolute Gasteiger partial charge is 0.508 e. The number of phenolic OH excluding ortho intramolecular Hbond substituents is 2. The molecule has 0 aliphatic carbocycles. The average Bonchev–Trinajstić information content (AvgIpc) is 3.44. The van der Waals surface area contributed by atoms with Gasteiger partial charge in [-0.25, -0.2) is 4.79 Å². The van der Waals surface area contributed by atoms with Crippen molar-refractivity contribution in [2.45, 2.75) is 43.4 Å². The SMILES string of the molecule is NC(CO)C(=O)NC(Cc1c[nH]c2ccccc12)C(=O)NC(Cc1ccc(O)cc1)C(=O)NC(Cc1ccc(O)cc1)C(=O)O. The van der Waals surface area contributed by atoms with Gasteiger partial charge in [0.2, 0.25) is 17.7 Å². The summed E-state index contributed by atoms with van der Waals surface area (Å²) in [4.78, 5) is 55.2. The first-order chi connectivity index (χ1) is 21.5. The molecule has 3 amide bonds. The first-order valence-electron chi connectivity index (χ1n) is 14.1. The molecule has 0 bridgehead atoms. The van der Waals surface area contributed by atoms with Gasteiger partial charge < -0.3 is 47.1 Å². The summed E-state index contributed by atoms with van der Waals surface area (Å²) in [5.41, 5.74) is 8.30. The smallest absolute Gasteiger partial charge is 0.326 e. The van der Waals surface area contributed by atoms with Gasteiger partial charge in [-0.15, -0.1) is 0 Å². The number of aromatic amines is 1. The van der Waals surface area contributed by atoms with E-state index in [0.29, 0.717) is 16.7 Å². The molecule has 4 unspecified atom stereocenters. The van der Waals surface area contributed by atoms with Crippen molar-refractivity contribution in [1.29, 1.82) is 0 Å². The minimum absolute atomic E-state index is 0.000520. The lowest BCUT2D eigenvalue weighted by molar-refractivity contribution is -0.142. The number of carboxylic acid groups (broad SMARTS) is 1. The van der Waals surface area contributed by atoms with E-state index in [1.807, 2.05) is 24.3 Å². The maximum atomic E-state index is 13.8. The lowest BCUT2D eigenvalue weighted by atomic mass is 10.0. The van der Waals surface area contributed by atoms with Crippen LogP contribution in [0.2, 0.25) is 0 Å². The molecule has 0 aliphatic rings. The Morgan fingerprint density at radius 1 is 0.689 bits per heavy atom. The molecule has 4 aromatic rings. The molecule has 4 atom stereocenters. The Morgan fingerprint density at radius 2 is 1.18 bits per heavy atom. The Balaban J connectivity index is 1.60. The Labute approximate surface area is 258 Å². The molecule has 3 aromatic carbocycles. The highest BCUT2D eigenvalue weighted by Crippen LogP contribution is 2.20. The predicted molar refractivity (Wildman–Crippen MR) is 164 cm³/mol. The molecule has 0 radical (unpaired) electrons. The fourth-order valence-electron chi connectivity index (χ4n) is 4.78. The maximum absolute atomic E-state index is 13.8. The number of fused-ring (bicyclic) bond motifs is 1. The molecule has 0 saturated carbocycles. The molecular formula is C32H35N5O8. The summed E-state index contributed by atoms with van der Waals surface area (Å²) < 4.78 is 0. The number of aliphatic hydroxyl groups excluding tert-OH is 1. The average molecular weight is 618 g/mol. The van der Waals surface area contributed by atoms with Crippen LogP contribution >= 0.6 is 0 Å². The minimum atomic E-state index is -1.37. The van der Waals surface area contributed by atoms with Gasteiger partial charge >= 0.3 is 5.97 Å². The third-order valence-corrected chi connectivity index (χ3v) is 7.27. The molecule has 0 spiro atoms. The molecular weight excluding hydrogens is 582 g/mol. The molecule has 0 aliphatic heterocycles. The van der Waals surface area contributed by atoms with Gasteiger partial charge in [-0.3, -0.25) is 14.4 Å². The number of aromatic nitrogens is 1. The van der Waals surface area contributed by atoms with Crippen LogP contribution in [0.3, 0.4) is 0 Å². The summed E-state index contributed by atoms with van der Waals surface area (Å²) >= 11 is 0. The third kappa shape index (κ3) is 8.81. The highest BCUT2D eigenvalue weighted by Gasteiger charge is 2.31. The van der Waals surface area contributed by atoms with Gasteiger partial charge in [0.05, 0.1) is 6.61 Å². The van der Waals surface area contributed by atoms with Crippen LogP contribution in [0.1, 0.15) is 16.7 Å². The Hall–Kier alpha value is -5.40. The van der Waals surface area contributed by atoms with Gasteiger partial charge in [-0.2, -0.15) is 0 Å². The number of phenols is 2. The van der Waals surface area contributed by atoms with Crippen molar-refractivity contribution < 1.29 is 39.6 Å². The molecule has 1 heterocycles. The lowest BCUT2D eigenvalue weighted by Gasteiger charge is -2.25. The van der Waals surface area contributed by atoms with Crippen molar-refractivity contribution in [3.63, 3.8) is 0 Å². The van der Waals surface area contributed by atoms with E-state index in [1.165, 1.54) is 36.4 Å². The predicted octanol–water partition coefficient (Wildman–Crippen LogP) is 0.466. The quantitative estimate of drug-likeness (QED) is 0.0956. The first kappa shape index (κ1) is 32.5. The number of aliphatic hydroxyl groups is 1. The molecule has 0 fully saturated rings. The van der Waals surface area contributed by atoms with E-state index in [0.717, 1.165) is 10.9 Å². The number of nitrogens with two attached hydrogens (primary N) is 1. The first-order valence-corrected chi connectivity index (χ1v) is 14.1. The normalized spacial score (nSPS) is 13.7. The van der Waals surface area contributed by atoms with Crippen molar-refractivity contribution in [2.24, 2.45) is 5.73 Å². The van der Waals surface area contributed by atoms with E-state index in [4.69, 9.17) is 5.73 Å². The number of H-pyrrole nitrogens is 1. The van der Waals surface area contributed by atoms with Crippen LogP contribution in [-0.2, 0) is 38.4 Å². The molecule has 0 saturated heterocycles. The van der Waals surface area contributed by atoms with Crippen LogP contribution in [0.5, 0.6) is 11.5 Å². The monoisotopic (exact) mass is 617 g/mol. The zero-order chi connectivity index (χ0) is 32.5. The number of hydrogen-bond donors (Lipinski definition) is 9. The molecule has 10 N–H and O–H groups in total. The van der Waals surface area contributed by atoms with Crippen LogP contribution in [0.4, 0.5) is 0 Å². The topological polar surface area (TPSA) is 227 Å². The zero-order valence-corrected chi connectivity index (χ0v) is 24.1. The fourth-order valence-corrected chi connectivity index (χ4v) is 4.78. The number of carbonyl (C=O) groups excluding carboxylic acids is 3. The highest BCUT2D eigenvalue weighted by molar-refractivity contribution is 5.95. The second kappa shape index (κ2) is 14.9. The van der Waals surface area contributed by atoms with Crippen LogP contribution in [-0.4, -0.2) is 79.9 Å². The van der Waals surface area contributed by atoms with Gasteiger partial charge in [-0.05, 0) is 47.0 Å². The molecule has 45 heavy (non-hydrogen) atoms. The van der Waals surface area contributed by atoms with Crippen LogP contribution < -0.4 is 21.7 Å². The Kier molecular flexibility index (Phi) is 10.7. The number of para-hydroxylation sites is 1. The van der Waals surface area contributed by atoms with Gasteiger partial charge in [0.15, 0.2) is 0 Å². The summed E-state index contributed by atoms with van der Waals surface area (Å²) in [5, 5.41) is 47.0. The van der Waals surface area contributed by atoms with Gasteiger partial charge in [-0.1, -0.05) is 42.5 Å². The highest BCUT2D eigenvalue weighted by atomic mass is 16.4. The van der Waals surface area contributed by atoms with Crippen molar-refractivity contribution in [2.75, 3.05) is 6.61 Å². The van der Waals surface area contributed by atoms with Crippen molar-refractivity contribution in [3.05, 3.63) is 95.7 Å². The van der Waals surface area contributed by atoms with Crippen LogP contribution in [0.15, 0.2) is 79.0 Å². The van der Waals surface area contributed by atoms with E-state index < -0.39 is 54.5 Å². The van der Waals surface area contributed by atoms with Crippen molar-refractivity contribution in [1.82, 2.24) is 20.9 Å². The van der Waals surface area contributed by atoms with Crippen LogP contribution in [0, 0.1) is 0 Å². The third-order valence-electron chi connectivity index (χ3n) is 7.27. The molecule has 236 valence electrons. The Morgan fingerprint density at radius 3 is 1.73 bits per heavy atom. The number of benzene rings is 3. The minimum Gasteiger partial charge on any atom is -0.508 e. The molecule has 4 rings (SSSR count). The zero-order valence-electron chi connectivity index (χ0n) is 24.1. The Bertz CT molecular complexity index is 1640. The number of carboxylic acids is 1. The van der Waals surface area contributed by atoms with Gasteiger partial charge in [0, 0.05) is 36.4 Å². The van der Waals surface area contributed by atoms with E-state index in [9.17, 15) is 39.6 Å². The van der Waals surface area contributed by atoms with Crippen LogP contribution in [0.25, 0.3) is 10.9 Å². The maximum Gasteiger partial charge on any atom is 0.326 e. The van der Waals surface area contributed by atoms with E-state index >= 15 is 0 Å². The number of rotatable bonds is 14. The lowest BCUT2D eigenvalue weighted by Crippen LogP contribution is -2.58. The summed E-state index contributed by atoms with van der Waals surface area (Å²) in [7, 11) is 0. The summed E-state index contributed by atoms with van der Waals surface area (Å²) in [6.45, 7) is -0.656. The number of carbonyl (C=O) groups is 4. The molecule has 1 aromatic heterocycles. The second-order valence-corrected chi connectivity index (χ2v) is 10.6. The van der Waals surface area contributed by atoms with Crippen molar-refractivity contribution in [3.8, 4) is 11.5 Å². The number of aromatic hydroxyl groups is 2. The molecule has 13 heteroatoms. The van der Waals surface area contributed by atoms with E-state index in [-0.39, 0.29) is 30.8 Å². The number of nitrogens with one attached hydrogen (secondary N) is 4. The summed E-state index contributed by atoms with van der Waals surface area (Å²) in [5.74, 6) is -3.65. The standard InChI is InChI=1S/C32H35N5O8/c33-24(17-38)29(41)35-27(15-20-16-34-25-4-2-1-3-23(20)25)31(43)36-26(13-18-5-9-21(39)10-6-18)30(42)37-28(32(44)45)14-19-7-11-22(40)12-8-19/h1-12,16,24,26-28,34,38-40H,13-15,17,33H2,(H,35,41)(H,36,43)(H,37,42)(H,44,45). The van der Waals surface area contributed by atoms with E-state index in [1.54, 1.807) is 18.3 Å². The number of aliphatic carboxylic acids is 1. The van der Waals surface area contributed by atoms with Gasteiger partial charge in [0.25, 0.3) is 0 Å². The second-order valence-electron chi connectivity index (χ2n) is 10.6. The summed E-state index contributed by atoms with van der Waals surface area (Å²) in [6.07, 6.45) is 1.53. The van der Waals surface area contributed by atoms with Gasteiger partial charge in [0.1, 0.15) is 35.7 Å². The van der Waals surface area contributed by atoms with E-state index in [2.05, 4.69) is 20.9 Å². The fraction of sp³-hybridized carbons (Fsp3) is 0.250. The number of hydrogen-bond acceptors (Lipinski definition) is 8. The molecule has 13 nitrogen and oxygen atoms in total. The summed E-state index contributed by atoms with van der Waals surface area (Å²) in [6, 6.07) is 14.0. The van der Waals surface area contributed by atoms with Crippen molar-refractivity contribution >= 4 is 34.6 Å². The number of amides is 3.